The molecule has 0 bridgehead atoms. The lowest BCUT2D eigenvalue weighted by Crippen LogP contribution is -2.41. The monoisotopic (exact) mass is 537 g/mol. The van der Waals surface area contributed by atoms with Gasteiger partial charge in [0, 0.05) is 46.3 Å². The van der Waals surface area contributed by atoms with Gasteiger partial charge in [0.1, 0.15) is 0 Å². The normalized spacial score (nSPS) is 14.5. The van der Waals surface area contributed by atoms with Crippen molar-refractivity contribution in [3.05, 3.63) is 35.4 Å². The molecule has 0 atom stereocenters. The number of sulfonamides is 1. The number of nitrogens with zero attached hydrogens (tertiary/aromatic N) is 2. The largest absolute Gasteiger partial charge is 0.355 e. The van der Waals surface area contributed by atoms with E-state index in [0.29, 0.717) is 30.5 Å². The first-order valence-corrected chi connectivity index (χ1v) is 11.2. The summed E-state index contributed by atoms with van der Waals surface area (Å²) in [6, 6.07) is 7.34. The summed E-state index contributed by atoms with van der Waals surface area (Å²) < 4.78 is 26.7. The molecular formula is C19H32IN5O3S. The molecule has 1 amide bonds. The van der Waals surface area contributed by atoms with E-state index in [0.717, 1.165) is 18.4 Å². The first-order chi connectivity index (χ1) is 13.3. The Morgan fingerprint density at radius 1 is 1.17 bits per heavy atom. The van der Waals surface area contributed by atoms with E-state index in [1.165, 1.54) is 11.3 Å². The van der Waals surface area contributed by atoms with Crippen LogP contribution in [0.4, 0.5) is 0 Å². The third-order valence-electron chi connectivity index (χ3n) is 4.77. The molecule has 0 unspecified atom stereocenters. The topological polar surface area (TPSA) is 103 Å². The Labute approximate surface area is 191 Å². The van der Waals surface area contributed by atoms with Crippen LogP contribution in [0.15, 0.2) is 29.3 Å². The van der Waals surface area contributed by atoms with Gasteiger partial charge in [-0.1, -0.05) is 18.6 Å². The molecule has 3 N–H and O–H groups in total. The Hall–Kier alpha value is -1.40. The highest BCUT2D eigenvalue weighted by Gasteiger charge is 2.20. The van der Waals surface area contributed by atoms with E-state index in [1.807, 2.05) is 12.1 Å². The van der Waals surface area contributed by atoms with Gasteiger partial charge in [0.2, 0.25) is 10.0 Å². The second kappa shape index (κ2) is 12.3. The second-order valence-corrected chi connectivity index (χ2v) is 9.14. The van der Waals surface area contributed by atoms with Gasteiger partial charge < -0.3 is 15.5 Å². The lowest BCUT2D eigenvalue weighted by molar-refractivity contribution is 0.0827. The smallest absolute Gasteiger partial charge is 0.253 e. The number of guanidine groups is 1. The SMILES string of the molecule is CN=C(NCCS(=O)(=O)NCC1CCC1)NCc1ccc(C(=O)N(C)C)cc1.I. The Kier molecular flexibility index (Phi) is 10.9. The molecule has 1 aliphatic carbocycles. The maximum Gasteiger partial charge on any atom is 0.253 e. The van der Waals surface area contributed by atoms with Crippen LogP contribution in [0, 0.1) is 5.92 Å². The van der Waals surface area contributed by atoms with Gasteiger partial charge in [-0.05, 0) is 36.5 Å². The fraction of sp³-hybridized carbons (Fsp3) is 0.579. The molecule has 0 spiro atoms. The van der Waals surface area contributed by atoms with Crippen LogP contribution in [-0.2, 0) is 16.6 Å². The van der Waals surface area contributed by atoms with Crippen LogP contribution in [0.1, 0.15) is 35.2 Å². The summed E-state index contributed by atoms with van der Waals surface area (Å²) in [6.45, 7) is 1.33. The van der Waals surface area contributed by atoms with Crippen molar-refractivity contribution in [3.8, 4) is 0 Å². The van der Waals surface area contributed by atoms with E-state index in [9.17, 15) is 13.2 Å². The van der Waals surface area contributed by atoms with Crippen molar-refractivity contribution in [1.29, 1.82) is 0 Å². The fourth-order valence-corrected chi connectivity index (χ4v) is 3.75. The lowest BCUT2D eigenvalue weighted by Gasteiger charge is -2.25. The number of hydrogen-bond acceptors (Lipinski definition) is 4. The third-order valence-corrected chi connectivity index (χ3v) is 6.12. The van der Waals surface area contributed by atoms with Crippen molar-refractivity contribution >= 4 is 45.9 Å². The van der Waals surface area contributed by atoms with Crippen molar-refractivity contribution in [1.82, 2.24) is 20.3 Å². The van der Waals surface area contributed by atoms with E-state index >= 15 is 0 Å². The third kappa shape index (κ3) is 8.87. The van der Waals surface area contributed by atoms with E-state index in [1.54, 1.807) is 33.3 Å². The molecule has 1 aromatic rings. The highest BCUT2D eigenvalue weighted by Crippen LogP contribution is 2.25. The Balaban J connectivity index is 0.00000420. The van der Waals surface area contributed by atoms with Crippen molar-refractivity contribution in [3.63, 3.8) is 0 Å². The first kappa shape index (κ1) is 25.6. The van der Waals surface area contributed by atoms with E-state index in [2.05, 4.69) is 20.3 Å². The van der Waals surface area contributed by atoms with Crippen LogP contribution in [0.25, 0.3) is 0 Å². The van der Waals surface area contributed by atoms with Crippen LogP contribution in [-0.4, -0.2) is 65.2 Å². The van der Waals surface area contributed by atoms with Gasteiger partial charge >= 0.3 is 0 Å². The number of carbonyl (C=O) groups is 1. The number of aliphatic imine (C=N–C) groups is 1. The summed E-state index contributed by atoms with van der Waals surface area (Å²) in [6.07, 6.45) is 3.42. The maximum absolute atomic E-state index is 12.0. The number of benzene rings is 1. The molecule has 10 heteroatoms. The van der Waals surface area contributed by atoms with E-state index < -0.39 is 10.0 Å². The molecule has 0 saturated heterocycles. The molecule has 0 radical (unpaired) electrons. The zero-order valence-corrected chi connectivity index (χ0v) is 20.4. The zero-order valence-electron chi connectivity index (χ0n) is 17.3. The van der Waals surface area contributed by atoms with Crippen molar-refractivity contribution in [2.75, 3.05) is 40.0 Å². The molecule has 8 nitrogen and oxygen atoms in total. The summed E-state index contributed by atoms with van der Waals surface area (Å²) in [4.78, 5) is 17.5. The number of nitrogens with one attached hydrogen (secondary N) is 3. The van der Waals surface area contributed by atoms with Crippen molar-refractivity contribution in [2.45, 2.75) is 25.8 Å². The summed E-state index contributed by atoms with van der Waals surface area (Å²) in [5.41, 5.74) is 1.63. The van der Waals surface area contributed by atoms with Gasteiger partial charge in [-0.25, -0.2) is 13.1 Å². The summed E-state index contributed by atoms with van der Waals surface area (Å²) >= 11 is 0. The summed E-state index contributed by atoms with van der Waals surface area (Å²) in [5.74, 6) is 0.991. The number of amides is 1. The van der Waals surface area contributed by atoms with Gasteiger partial charge in [0.25, 0.3) is 5.91 Å². The van der Waals surface area contributed by atoms with Crippen LogP contribution in [0.3, 0.4) is 0 Å². The highest BCUT2D eigenvalue weighted by molar-refractivity contribution is 14.0. The van der Waals surface area contributed by atoms with Gasteiger partial charge in [-0.3, -0.25) is 9.79 Å². The molecular weight excluding hydrogens is 505 g/mol. The van der Waals surface area contributed by atoms with Crippen LogP contribution < -0.4 is 15.4 Å². The number of halogens is 1. The minimum atomic E-state index is -3.28. The molecule has 0 aromatic heterocycles. The minimum Gasteiger partial charge on any atom is -0.355 e. The number of rotatable bonds is 9. The molecule has 29 heavy (non-hydrogen) atoms. The average Bonchev–Trinajstić information content (AvgIpc) is 2.62. The number of carbonyl (C=O) groups excluding carboxylic acids is 1. The van der Waals surface area contributed by atoms with Crippen LogP contribution in [0.2, 0.25) is 0 Å². The number of hydrogen-bond donors (Lipinski definition) is 3. The molecule has 0 heterocycles. The minimum absolute atomic E-state index is 0. The average molecular weight is 537 g/mol. The predicted octanol–water partition coefficient (Wildman–Crippen LogP) is 1.39. The summed E-state index contributed by atoms with van der Waals surface area (Å²) in [7, 11) is 1.80. The van der Waals surface area contributed by atoms with Gasteiger partial charge in [-0.2, -0.15) is 0 Å². The zero-order chi connectivity index (χ0) is 20.6. The Morgan fingerprint density at radius 2 is 1.83 bits per heavy atom. The lowest BCUT2D eigenvalue weighted by atomic mass is 9.86. The Bertz CT molecular complexity index is 778. The van der Waals surface area contributed by atoms with Gasteiger partial charge in [-0.15, -0.1) is 24.0 Å². The maximum atomic E-state index is 12.0. The first-order valence-electron chi connectivity index (χ1n) is 9.53. The van der Waals surface area contributed by atoms with Crippen LogP contribution >= 0.6 is 24.0 Å². The second-order valence-electron chi connectivity index (χ2n) is 7.21. The van der Waals surface area contributed by atoms with E-state index in [4.69, 9.17) is 0 Å². The molecule has 1 aliphatic rings. The Morgan fingerprint density at radius 3 is 2.34 bits per heavy atom. The highest BCUT2D eigenvalue weighted by atomic mass is 127. The molecule has 1 saturated carbocycles. The quantitative estimate of drug-likeness (QED) is 0.251. The predicted molar refractivity (Wildman–Crippen MR) is 127 cm³/mol. The molecule has 1 fully saturated rings. The van der Waals surface area contributed by atoms with Gasteiger partial charge in [0.15, 0.2) is 5.96 Å². The fourth-order valence-electron chi connectivity index (χ4n) is 2.75. The van der Waals surface area contributed by atoms with Crippen LogP contribution in [0.5, 0.6) is 0 Å². The van der Waals surface area contributed by atoms with E-state index in [-0.39, 0.29) is 42.2 Å². The molecule has 1 aromatic carbocycles. The van der Waals surface area contributed by atoms with Crippen molar-refractivity contribution < 1.29 is 13.2 Å². The summed E-state index contributed by atoms with van der Waals surface area (Å²) in [5, 5.41) is 6.16. The standard InChI is InChI=1S/C19H31N5O3S.HI/c1-20-19(21-11-12-28(26,27)23-14-15-5-4-6-15)22-13-16-7-9-17(10-8-16)18(25)24(2)3;/h7-10,15,23H,4-6,11-14H2,1-3H3,(H2,20,21,22);1H. The van der Waals surface area contributed by atoms with Crippen molar-refractivity contribution in [2.24, 2.45) is 10.9 Å². The molecule has 164 valence electrons. The van der Waals surface area contributed by atoms with Gasteiger partial charge in [0.05, 0.1) is 5.75 Å². The molecule has 2 rings (SSSR count). The molecule has 0 aliphatic heterocycles.